The van der Waals surface area contributed by atoms with E-state index >= 15 is 0 Å². The number of hydrazine groups is 1. The molecule has 1 aromatic heterocycles. The summed E-state index contributed by atoms with van der Waals surface area (Å²) in [5.41, 5.74) is 2.97. The Labute approximate surface area is 222 Å². The average molecular weight is 537 g/mol. The van der Waals surface area contributed by atoms with Gasteiger partial charge in [0, 0.05) is 30.8 Å². The molecule has 2 rings (SSSR count). The number of nitrogens with zero attached hydrogens (tertiary/aromatic N) is 1. The number of carbonyl (C=O) groups excluding carboxylic acids is 5. The fourth-order valence-electron chi connectivity index (χ4n) is 4.00. The molecule has 0 aliphatic carbocycles. The number of thiophene rings is 1. The molecule has 1 saturated heterocycles. The lowest BCUT2D eigenvalue weighted by molar-refractivity contribution is -0.151. The van der Waals surface area contributed by atoms with Crippen LogP contribution in [0.3, 0.4) is 0 Å². The number of amides is 3. The van der Waals surface area contributed by atoms with E-state index in [4.69, 9.17) is 4.74 Å². The van der Waals surface area contributed by atoms with Crippen LogP contribution in [0.15, 0.2) is 17.5 Å². The minimum absolute atomic E-state index is 0.0472. The van der Waals surface area contributed by atoms with E-state index < -0.39 is 42.3 Å². The molecular weight excluding hydrogens is 496 g/mol. The molecule has 11 heteroatoms. The highest BCUT2D eigenvalue weighted by Gasteiger charge is 2.35. The van der Waals surface area contributed by atoms with Gasteiger partial charge in [-0.25, -0.2) is 5.43 Å². The van der Waals surface area contributed by atoms with E-state index in [2.05, 4.69) is 16.1 Å². The van der Waals surface area contributed by atoms with Crippen LogP contribution in [0.1, 0.15) is 71.1 Å². The van der Waals surface area contributed by atoms with E-state index in [1.165, 1.54) is 16.3 Å². The molecule has 1 aliphatic rings. The quantitative estimate of drug-likeness (QED) is 0.329. The number of carbonyl (C=O) groups is 5. The van der Waals surface area contributed by atoms with Crippen molar-refractivity contribution in [3.63, 3.8) is 0 Å². The van der Waals surface area contributed by atoms with E-state index in [1.54, 1.807) is 20.8 Å². The van der Waals surface area contributed by atoms with Gasteiger partial charge in [0.25, 0.3) is 0 Å². The molecule has 2 heterocycles. The molecule has 3 atom stereocenters. The molecule has 3 N–H and O–H groups in total. The van der Waals surface area contributed by atoms with Crippen LogP contribution >= 0.6 is 11.3 Å². The van der Waals surface area contributed by atoms with Crippen LogP contribution in [0.2, 0.25) is 0 Å². The lowest BCUT2D eigenvalue weighted by atomic mass is 9.98. The second-order valence-corrected chi connectivity index (χ2v) is 11.0. The number of hydrogen-bond donors (Lipinski definition) is 3. The summed E-state index contributed by atoms with van der Waals surface area (Å²) in [5, 5.41) is 8.67. The first kappa shape index (κ1) is 30.4. The van der Waals surface area contributed by atoms with Crippen molar-refractivity contribution in [3.8, 4) is 0 Å². The summed E-state index contributed by atoms with van der Waals surface area (Å²) >= 11 is 1.44. The predicted octanol–water partition coefficient (Wildman–Crippen LogP) is 2.15. The number of ether oxygens (including phenoxy) is 1. The summed E-state index contributed by atoms with van der Waals surface area (Å²) in [6.07, 6.45) is 1.56. The molecule has 1 aromatic rings. The maximum atomic E-state index is 13.2. The zero-order chi connectivity index (χ0) is 27.5. The van der Waals surface area contributed by atoms with Gasteiger partial charge in [-0.1, -0.05) is 33.8 Å². The normalized spacial score (nSPS) is 17.3. The largest absolute Gasteiger partial charge is 0.457 e. The Morgan fingerprint density at radius 2 is 1.89 bits per heavy atom. The van der Waals surface area contributed by atoms with Gasteiger partial charge >= 0.3 is 5.97 Å². The van der Waals surface area contributed by atoms with Crippen molar-refractivity contribution in [1.29, 1.82) is 0 Å². The third-order valence-corrected chi connectivity index (χ3v) is 7.12. The Morgan fingerprint density at radius 1 is 1.16 bits per heavy atom. The van der Waals surface area contributed by atoms with Crippen LogP contribution in [0.5, 0.6) is 0 Å². The highest BCUT2D eigenvalue weighted by Crippen LogP contribution is 2.22. The predicted molar refractivity (Wildman–Crippen MR) is 140 cm³/mol. The van der Waals surface area contributed by atoms with Gasteiger partial charge in [-0.3, -0.25) is 29.0 Å². The van der Waals surface area contributed by atoms with E-state index in [-0.39, 0.29) is 36.6 Å². The summed E-state index contributed by atoms with van der Waals surface area (Å²) in [7, 11) is 0. The maximum Gasteiger partial charge on any atom is 0.314 e. The Bertz CT molecular complexity index is 934. The fraction of sp³-hybridized carbons (Fsp3) is 0.654. The summed E-state index contributed by atoms with van der Waals surface area (Å²) in [6, 6.07) is 2.02. The van der Waals surface area contributed by atoms with Crippen LogP contribution in [0, 0.1) is 11.8 Å². The second kappa shape index (κ2) is 14.8. The van der Waals surface area contributed by atoms with Crippen molar-refractivity contribution < 1.29 is 28.7 Å². The lowest BCUT2D eigenvalue weighted by Gasteiger charge is -2.36. The maximum absolute atomic E-state index is 13.2. The molecule has 10 nitrogen and oxygen atoms in total. The SMILES string of the molecule is CC(C)CC(=O)NCCC(=O)N1NCCC[C@H]1C(=O)N[C@@H](C(=O)COC(=O)C(C)c1cccs1)C(C)C. The number of rotatable bonds is 13. The standard InChI is InChI=1S/C26H40N4O6S/c1-16(2)14-22(32)27-12-10-23(33)30-19(8-6-11-28-30)25(34)29-24(17(3)4)20(31)15-36-26(35)18(5)21-9-7-13-37-21/h7,9,13,16-19,24,28H,6,8,10-12,14-15H2,1-5H3,(H,27,32)(H,29,34)/t18?,19-,24+/m0/s1. The van der Waals surface area contributed by atoms with Crippen molar-refractivity contribution in [1.82, 2.24) is 21.1 Å². The minimum Gasteiger partial charge on any atom is -0.457 e. The van der Waals surface area contributed by atoms with Gasteiger partial charge < -0.3 is 15.4 Å². The van der Waals surface area contributed by atoms with E-state index in [1.807, 2.05) is 31.4 Å². The molecule has 0 aromatic carbocycles. The lowest BCUT2D eigenvalue weighted by Crippen LogP contribution is -2.61. The molecule has 1 aliphatic heterocycles. The highest BCUT2D eigenvalue weighted by atomic mass is 32.1. The van der Waals surface area contributed by atoms with Crippen molar-refractivity contribution >= 4 is 40.8 Å². The van der Waals surface area contributed by atoms with Gasteiger partial charge in [-0.15, -0.1) is 11.3 Å². The van der Waals surface area contributed by atoms with Gasteiger partial charge in [0.1, 0.15) is 6.04 Å². The molecule has 1 fully saturated rings. The summed E-state index contributed by atoms with van der Waals surface area (Å²) in [4.78, 5) is 63.9. The zero-order valence-electron chi connectivity index (χ0n) is 22.4. The number of esters is 1. The third kappa shape index (κ3) is 9.55. The number of ketones is 1. The fourth-order valence-corrected chi connectivity index (χ4v) is 4.77. The highest BCUT2D eigenvalue weighted by molar-refractivity contribution is 7.10. The number of nitrogens with one attached hydrogen (secondary N) is 3. The Morgan fingerprint density at radius 3 is 2.51 bits per heavy atom. The van der Waals surface area contributed by atoms with E-state index in [9.17, 15) is 24.0 Å². The molecule has 0 bridgehead atoms. The van der Waals surface area contributed by atoms with Crippen LogP contribution in [0.4, 0.5) is 0 Å². The third-order valence-electron chi connectivity index (χ3n) is 6.07. The van der Waals surface area contributed by atoms with Gasteiger partial charge in [0.05, 0.1) is 12.0 Å². The van der Waals surface area contributed by atoms with Gasteiger partial charge in [0.2, 0.25) is 17.7 Å². The molecular formula is C26H40N4O6S. The van der Waals surface area contributed by atoms with Crippen molar-refractivity contribution in [2.75, 3.05) is 19.7 Å². The molecule has 1 unspecified atom stereocenters. The second-order valence-electron chi connectivity index (χ2n) is 10.1. The Hall–Kier alpha value is -2.79. The van der Waals surface area contributed by atoms with E-state index in [0.717, 1.165) is 4.88 Å². The first-order chi connectivity index (χ1) is 17.5. The molecule has 3 amide bonds. The smallest absolute Gasteiger partial charge is 0.314 e. The Balaban J connectivity index is 1.93. The van der Waals surface area contributed by atoms with Crippen molar-refractivity contribution in [3.05, 3.63) is 22.4 Å². The molecule has 0 radical (unpaired) electrons. The topological polar surface area (TPSA) is 134 Å². The summed E-state index contributed by atoms with van der Waals surface area (Å²) < 4.78 is 5.25. The number of hydrogen-bond acceptors (Lipinski definition) is 8. The van der Waals surface area contributed by atoms with E-state index in [0.29, 0.717) is 25.8 Å². The average Bonchev–Trinajstić information content (AvgIpc) is 3.39. The minimum atomic E-state index is -0.869. The van der Waals surface area contributed by atoms with Crippen molar-refractivity contribution in [2.24, 2.45) is 11.8 Å². The molecule has 37 heavy (non-hydrogen) atoms. The Kier molecular flexibility index (Phi) is 12.2. The van der Waals surface area contributed by atoms with Crippen molar-refractivity contribution in [2.45, 2.75) is 78.3 Å². The number of Topliss-reactive ketones (excluding diaryl/α,β-unsaturated/α-hetero) is 1. The zero-order valence-corrected chi connectivity index (χ0v) is 23.2. The summed E-state index contributed by atoms with van der Waals surface area (Å²) in [5.74, 6) is -2.31. The van der Waals surface area contributed by atoms with Crippen LogP contribution < -0.4 is 16.1 Å². The van der Waals surface area contributed by atoms with Gasteiger partial charge in [0.15, 0.2) is 12.4 Å². The molecule has 0 spiro atoms. The van der Waals surface area contributed by atoms with Crippen LogP contribution in [-0.4, -0.2) is 66.3 Å². The monoisotopic (exact) mass is 536 g/mol. The molecule has 0 saturated carbocycles. The first-order valence-corrected chi connectivity index (χ1v) is 13.7. The summed E-state index contributed by atoms with van der Waals surface area (Å²) in [6.45, 7) is 9.46. The first-order valence-electron chi connectivity index (χ1n) is 12.9. The van der Waals surface area contributed by atoms with Gasteiger partial charge in [-0.2, -0.15) is 0 Å². The van der Waals surface area contributed by atoms with Crippen LogP contribution in [0.25, 0.3) is 0 Å². The molecule has 206 valence electrons. The van der Waals surface area contributed by atoms with Crippen LogP contribution in [-0.2, 0) is 28.7 Å². The van der Waals surface area contributed by atoms with Gasteiger partial charge in [-0.05, 0) is 43.0 Å².